The summed E-state index contributed by atoms with van der Waals surface area (Å²) in [7, 11) is 0. The van der Waals surface area contributed by atoms with Gasteiger partial charge in [-0.2, -0.15) is 0 Å². The Morgan fingerprint density at radius 1 is 1.39 bits per heavy atom. The van der Waals surface area contributed by atoms with Crippen LogP contribution in [0.1, 0.15) is 40.2 Å². The first-order valence-electron chi connectivity index (χ1n) is 6.32. The third kappa shape index (κ3) is 5.69. The van der Waals surface area contributed by atoms with Crippen LogP contribution in [0.25, 0.3) is 0 Å². The summed E-state index contributed by atoms with van der Waals surface area (Å²) in [4.78, 5) is 4.19. The number of hydrogen-bond acceptors (Lipinski definition) is 3. The second-order valence-corrected chi connectivity index (χ2v) is 6.26. The van der Waals surface area contributed by atoms with Crippen molar-refractivity contribution in [2.24, 2.45) is 5.92 Å². The summed E-state index contributed by atoms with van der Waals surface area (Å²) in [5, 5.41) is 4.04. The monoisotopic (exact) mass is 270 g/mol. The Bertz CT molecular complexity index is 386. The van der Waals surface area contributed by atoms with Crippen LogP contribution in [0.5, 0.6) is 5.88 Å². The second-order valence-electron chi connectivity index (χ2n) is 5.85. The molecule has 0 aromatic carbocycles. The molecule has 0 aliphatic rings. The molecule has 0 spiro atoms. The summed E-state index contributed by atoms with van der Waals surface area (Å²) >= 11 is 6.12. The zero-order chi connectivity index (χ0) is 13.8. The number of pyridine rings is 1. The first-order valence-corrected chi connectivity index (χ1v) is 6.70. The van der Waals surface area contributed by atoms with E-state index in [-0.39, 0.29) is 5.60 Å². The predicted molar refractivity (Wildman–Crippen MR) is 76.2 cm³/mol. The lowest BCUT2D eigenvalue weighted by atomic mass is 10.2. The lowest BCUT2D eigenvalue weighted by Gasteiger charge is -2.21. The van der Waals surface area contributed by atoms with E-state index in [1.165, 1.54) is 0 Å². The minimum atomic E-state index is -0.247. The molecule has 0 fully saturated rings. The van der Waals surface area contributed by atoms with Crippen molar-refractivity contribution >= 4 is 11.6 Å². The third-order valence-electron chi connectivity index (χ3n) is 2.19. The van der Waals surface area contributed by atoms with Crippen LogP contribution in [-0.2, 0) is 6.54 Å². The van der Waals surface area contributed by atoms with E-state index < -0.39 is 0 Å². The number of aromatic nitrogens is 1. The van der Waals surface area contributed by atoms with Gasteiger partial charge in [0.05, 0.1) is 5.02 Å². The highest BCUT2D eigenvalue weighted by atomic mass is 35.5. The van der Waals surface area contributed by atoms with E-state index in [2.05, 4.69) is 24.1 Å². The fraction of sp³-hybridized carbons (Fsp3) is 0.643. The highest BCUT2D eigenvalue weighted by molar-refractivity contribution is 6.31. The molecular weight excluding hydrogens is 248 g/mol. The molecule has 1 aromatic rings. The fourth-order valence-electron chi connectivity index (χ4n) is 1.46. The van der Waals surface area contributed by atoms with E-state index in [9.17, 15) is 0 Å². The molecule has 4 heteroatoms. The van der Waals surface area contributed by atoms with Gasteiger partial charge in [0.2, 0.25) is 5.88 Å². The Labute approximate surface area is 115 Å². The molecule has 0 aliphatic heterocycles. The van der Waals surface area contributed by atoms with Crippen molar-refractivity contribution in [1.29, 1.82) is 0 Å². The largest absolute Gasteiger partial charge is 0.472 e. The molecule has 0 atom stereocenters. The summed E-state index contributed by atoms with van der Waals surface area (Å²) in [6, 6.07) is 1.90. The van der Waals surface area contributed by atoms with Gasteiger partial charge in [-0.15, -0.1) is 0 Å². The molecule has 1 rings (SSSR count). The smallest absolute Gasteiger partial charge is 0.214 e. The molecule has 1 aromatic heterocycles. The summed E-state index contributed by atoms with van der Waals surface area (Å²) < 4.78 is 5.73. The van der Waals surface area contributed by atoms with Crippen molar-refractivity contribution in [3.05, 3.63) is 22.8 Å². The van der Waals surface area contributed by atoms with Crippen LogP contribution in [0.15, 0.2) is 12.3 Å². The van der Waals surface area contributed by atoms with E-state index in [1.807, 2.05) is 26.8 Å². The molecule has 0 saturated carbocycles. The van der Waals surface area contributed by atoms with Gasteiger partial charge in [0.15, 0.2) is 0 Å². The number of hydrogen-bond donors (Lipinski definition) is 1. The Kier molecular flexibility index (Phi) is 5.42. The third-order valence-corrected chi connectivity index (χ3v) is 2.53. The van der Waals surface area contributed by atoms with Gasteiger partial charge in [-0.25, -0.2) is 4.98 Å². The number of nitrogens with zero attached hydrogens (tertiary/aromatic N) is 1. The average molecular weight is 271 g/mol. The molecule has 0 aliphatic carbocycles. The second kappa shape index (κ2) is 6.39. The minimum absolute atomic E-state index is 0.247. The Balaban J connectivity index is 2.69. The molecule has 0 bridgehead atoms. The topological polar surface area (TPSA) is 34.1 Å². The lowest BCUT2D eigenvalue weighted by molar-refractivity contribution is 0.124. The summed E-state index contributed by atoms with van der Waals surface area (Å²) in [6.07, 6.45) is 1.65. The van der Waals surface area contributed by atoms with Gasteiger partial charge in [-0.1, -0.05) is 25.4 Å². The van der Waals surface area contributed by atoms with Gasteiger partial charge in [0.25, 0.3) is 0 Å². The summed E-state index contributed by atoms with van der Waals surface area (Å²) in [5.41, 5.74) is 0.773. The van der Waals surface area contributed by atoms with Crippen LogP contribution in [0.3, 0.4) is 0 Å². The predicted octanol–water partition coefficient (Wildman–Crippen LogP) is 3.66. The number of ether oxygens (including phenoxy) is 1. The normalized spacial score (nSPS) is 11.9. The van der Waals surface area contributed by atoms with E-state index in [1.54, 1.807) is 6.20 Å². The van der Waals surface area contributed by atoms with Gasteiger partial charge in [0, 0.05) is 18.8 Å². The zero-order valence-electron chi connectivity index (χ0n) is 11.9. The van der Waals surface area contributed by atoms with Gasteiger partial charge < -0.3 is 10.1 Å². The Hall–Kier alpha value is -0.800. The maximum Gasteiger partial charge on any atom is 0.214 e. The van der Waals surface area contributed by atoms with Crippen molar-refractivity contribution in [2.45, 2.75) is 46.8 Å². The van der Waals surface area contributed by atoms with E-state index in [4.69, 9.17) is 16.3 Å². The van der Waals surface area contributed by atoms with E-state index in [0.29, 0.717) is 16.8 Å². The Morgan fingerprint density at radius 2 is 2.06 bits per heavy atom. The molecule has 18 heavy (non-hydrogen) atoms. The van der Waals surface area contributed by atoms with Crippen LogP contribution >= 0.6 is 11.6 Å². The van der Waals surface area contributed by atoms with Crippen LogP contribution in [0, 0.1) is 5.92 Å². The van der Waals surface area contributed by atoms with E-state index in [0.717, 1.165) is 18.7 Å². The molecule has 0 amide bonds. The lowest BCUT2D eigenvalue weighted by Crippen LogP contribution is -2.24. The van der Waals surface area contributed by atoms with Crippen LogP contribution in [-0.4, -0.2) is 17.1 Å². The van der Waals surface area contributed by atoms with Crippen LogP contribution < -0.4 is 10.1 Å². The van der Waals surface area contributed by atoms with Gasteiger partial charge >= 0.3 is 0 Å². The SMILES string of the molecule is CC(C)CNCc1cc(OC(C)(C)C)ncc1Cl. The van der Waals surface area contributed by atoms with Crippen molar-refractivity contribution in [1.82, 2.24) is 10.3 Å². The van der Waals surface area contributed by atoms with Crippen molar-refractivity contribution in [3.63, 3.8) is 0 Å². The molecule has 102 valence electrons. The maximum absolute atomic E-state index is 6.12. The first kappa shape index (κ1) is 15.3. The first-order chi connectivity index (χ1) is 8.28. The molecule has 1 N–H and O–H groups in total. The maximum atomic E-state index is 6.12. The molecule has 3 nitrogen and oxygen atoms in total. The minimum Gasteiger partial charge on any atom is -0.472 e. The van der Waals surface area contributed by atoms with Crippen LogP contribution in [0.2, 0.25) is 5.02 Å². The number of nitrogens with one attached hydrogen (secondary N) is 1. The highest BCUT2D eigenvalue weighted by Crippen LogP contribution is 2.22. The van der Waals surface area contributed by atoms with Crippen molar-refractivity contribution in [2.75, 3.05) is 6.54 Å². The Morgan fingerprint density at radius 3 is 2.61 bits per heavy atom. The molecule has 1 heterocycles. The average Bonchev–Trinajstić information content (AvgIpc) is 2.20. The molecule has 0 radical (unpaired) electrons. The zero-order valence-corrected chi connectivity index (χ0v) is 12.6. The summed E-state index contributed by atoms with van der Waals surface area (Å²) in [5.74, 6) is 1.24. The van der Waals surface area contributed by atoms with Gasteiger partial charge in [-0.3, -0.25) is 0 Å². The standard InChI is InChI=1S/C14H23ClN2O/c1-10(2)7-16-8-11-6-13(17-9-12(11)15)18-14(3,4)5/h6,9-10,16H,7-8H2,1-5H3. The molecular formula is C14H23ClN2O. The molecule has 0 saturated heterocycles. The molecule has 0 unspecified atom stereocenters. The fourth-order valence-corrected chi connectivity index (χ4v) is 1.63. The van der Waals surface area contributed by atoms with Crippen molar-refractivity contribution in [3.8, 4) is 5.88 Å². The van der Waals surface area contributed by atoms with Gasteiger partial charge in [-0.05, 0) is 38.8 Å². The number of halogens is 1. The number of rotatable bonds is 5. The van der Waals surface area contributed by atoms with Gasteiger partial charge in [0.1, 0.15) is 5.60 Å². The highest BCUT2D eigenvalue weighted by Gasteiger charge is 2.13. The van der Waals surface area contributed by atoms with Crippen LogP contribution in [0.4, 0.5) is 0 Å². The van der Waals surface area contributed by atoms with E-state index >= 15 is 0 Å². The van der Waals surface area contributed by atoms with Crippen molar-refractivity contribution < 1.29 is 4.74 Å². The quantitative estimate of drug-likeness (QED) is 0.887. The summed E-state index contributed by atoms with van der Waals surface area (Å²) in [6.45, 7) is 12.1.